The Balaban J connectivity index is 3.18. The summed E-state index contributed by atoms with van der Waals surface area (Å²) in [7, 11) is 0. The van der Waals surface area contributed by atoms with Gasteiger partial charge >= 0.3 is 0 Å². The van der Waals surface area contributed by atoms with Crippen molar-refractivity contribution in [3.05, 3.63) is 29.6 Å². The van der Waals surface area contributed by atoms with E-state index < -0.39 is 23.1 Å². The normalized spacial score (nSPS) is 9.58. The SMILES string of the molecule is Fc1cc(F)c(N[C]=S)c(F)c1. The Labute approximate surface area is 72.2 Å². The van der Waals surface area contributed by atoms with E-state index in [9.17, 15) is 13.2 Å². The van der Waals surface area contributed by atoms with Crippen molar-refractivity contribution < 1.29 is 13.2 Å². The van der Waals surface area contributed by atoms with Crippen LogP contribution < -0.4 is 5.32 Å². The van der Waals surface area contributed by atoms with Crippen molar-refractivity contribution in [1.82, 2.24) is 0 Å². The highest BCUT2D eigenvalue weighted by Crippen LogP contribution is 2.19. The topological polar surface area (TPSA) is 12.0 Å². The van der Waals surface area contributed by atoms with E-state index in [2.05, 4.69) is 12.2 Å². The third-order valence-electron chi connectivity index (χ3n) is 1.18. The first-order valence-electron chi connectivity index (χ1n) is 2.93. The fraction of sp³-hybridized carbons (Fsp3) is 0. The van der Waals surface area contributed by atoms with Gasteiger partial charge in [0.25, 0.3) is 0 Å². The maximum absolute atomic E-state index is 12.7. The van der Waals surface area contributed by atoms with Crippen LogP contribution in [0.5, 0.6) is 0 Å². The van der Waals surface area contributed by atoms with Crippen LogP contribution in [-0.4, -0.2) is 5.49 Å². The fourth-order valence-electron chi connectivity index (χ4n) is 0.713. The van der Waals surface area contributed by atoms with Crippen molar-refractivity contribution in [3.8, 4) is 0 Å². The van der Waals surface area contributed by atoms with Crippen LogP contribution in [0.25, 0.3) is 0 Å². The Morgan fingerprint density at radius 1 is 1.17 bits per heavy atom. The fourth-order valence-corrected chi connectivity index (χ4v) is 0.815. The molecule has 12 heavy (non-hydrogen) atoms. The summed E-state index contributed by atoms with van der Waals surface area (Å²) in [4.78, 5) is 0. The molecule has 1 radical (unpaired) electrons. The number of hydrogen-bond donors (Lipinski definition) is 1. The lowest BCUT2D eigenvalue weighted by molar-refractivity contribution is 0.549. The number of halogens is 3. The average Bonchev–Trinajstić information content (AvgIpc) is 1.96. The van der Waals surface area contributed by atoms with E-state index in [1.165, 1.54) is 0 Å². The lowest BCUT2D eigenvalue weighted by Gasteiger charge is -2.02. The predicted octanol–water partition coefficient (Wildman–Crippen LogP) is 2.35. The minimum Gasteiger partial charge on any atom is -0.339 e. The molecule has 0 spiro atoms. The molecule has 0 aliphatic heterocycles. The molecule has 0 heterocycles. The molecule has 0 amide bonds. The van der Waals surface area contributed by atoms with Gasteiger partial charge in [0.2, 0.25) is 0 Å². The molecule has 0 saturated heterocycles. The minimum absolute atomic E-state index is 0.494. The molecule has 5 heteroatoms. The van der Waals surface area contributed by atoms with Gasteiger partial charge in [-0.15, -0.1) is 0 Å². The van der Waals surface area contributed by atoms with Gasteiger partial charge in [0.1, 0.15) is 17.0 Å². The van der Waals surface area contributed by atoms with Crippen LogP contribution in [0.15, 0.2) is 12.1 Å². The molecule has 1 nitrogen and oxygen atoms in total. The maximum Gasteiger partial charge on any atom is 0.152 e. The maximum atomic E-state index is 12.7. The summed E-state index contributed by atoms with van der Waals surface area (Å²) in [5.41, 5.74) is 1.42. The molecule has 0 saturated carbocycles. The lowest BCUT2D eigenvalue weighted by Crippen LogP contribution is -1.99. The van der Waals surface area contributed by atoms with Crippen molar-refractivity contribution in [2.24, 2.45) is 0 Å². The van der Waals surface area contributed by atoms with Crippen LogP contribution in [0, 0.1) is 17.5 Å². The quantitative estimate of drug-likeness (QED) is 0.567. The number of thiocarbonyl (C=S) groups is 1. The summed E-state index contributed by atoms with van der Waals surface area (Å²) >= 11 is 4.20. The first-order valence-corrected chi connectivity index (χ1v) is 3.33. The van der Waals surface area contributed by atoms with Crippen LogP contribution in [-0.2, 0) is 0 Å². The Morgan fingerprint density at radius 2 is 1.67 bits per heavy atom. The van der Waals surface area contributed by atoms with Crippen LogP contribution in [0.3, 0.4) is 0 Å². The highest BCUT2D eigenvalue weighted by atomic mass is 32.1. The highest BCUT2D eigenvalue weighted by molar-refractivity contribution is 7.79. The van der Waals surface area contributed by atoms with E-state index in [0.717, 1.165) is 0 Å². The highest BCUT2D eigenvalue weighted by Gasteiger charge is 2.09. The molecule has 0 unspecified atom stereocenters. The summed E-state index contributed by atoms with van der Waals surface area (Å²) in [5, 5.41) is 2.02. The Morgan fingerprint density at radius 3 is 2.08 bits per heavy atom. The zero-order chi connectivity index (χ0) is 9.14. The standard InChI is InChI=1S/C7H3F3NS/c8-4-1-5(9)7(11-3-12)6(10)2-4/h1-2H,(H,11,12). The summed E-state index contributed by atoms with van der Waals surface area (Å²) in [6.45, 7) is 0. The number of rotatable bonds is 2. The third kappa shape index (κ3) is 1.73. The molecule has 0 atom stereocenters. The number of anilines is 1. The van der Waals surface area contributed by atoms with Gasteiger partial charge in [0.05, 0.1) is 0 Å². The predicted molar refractivity (Wildman–Crippen MR) is 42.5 cm³/mol. The first kappa shape index (κ1) is 8.99. The Hall–Kier alpha value is -1.10. The molecule has 1 aromatic rings. The van der Waals surface area contributed by atoms with Gasteiger partial charge in [-0.3, -0.25) is 0 Å². The second kappa shape index (κ2) is 3.53. The van der Waals surface area contributed by atoms with E-state index in [-0.39, 0.29) is 0 Å². The Bertz CT molecular complexity index is 291. The van der Waals surface area contributed by atoms with Crippen molar-refractivity contribution in [2.45, 2.75) is 0 Å². The van der Waals surface area contributed by atoms with Crippen molar-refractivity contribution in [1.29, 1.82) is 0 Å². The summed E-state index contributed by atoms with van der Waals surface area (Å²) in [5.74, 6) is -3.05. The molecule has 0 aliphatic rings. The van der Waals surface area contributed by atoms with E-state index in [1.807, 2.05) is 10.8 Å². The van der Waals surface area contributed by atoms with Gasteiger partial charge < -0.3 is 5.32 Å². The molecular weight excluding hydrogens is 187 g/mol. The summed E-state index contributed by atoms with van der Waals surface area (Å²) < 4.78 is 37.6. The largest absolute Gasteiger partial charge is 0.339 e. The number of benzene rings is 1. The van der Waals surface area contributed by atoms with E-state index in [4.69, 9.17) is 0 Å². The van der Waals surface area contributed by atoms with Crippen LogP contribution in [0.4, 0.5) is 18.9 Å². The van der Waals surface area contributed by atoms with Crippen LogP contribution in [0.1, 0.15) is 0 Å². The molecule has 63 valence electrons. The smallest absolute Gasteiger partial charge is 0.152 e. The molecular formula is C7H3F3NS. The van der Waals surface area contributed by atoms with Gasteiger partial charge in [-0.1, -0.05) is 12.2 Å². The van der Waals surface area contributed by atoms with Gasteiger partial charge in [0, 0.05) is 12.1 Å². The van der Waals surface area contributed by atoms with Crippen molar-refractivity contribution in [3.63, 3.8) is 0 Å². The lowest BCUT2D eigenvalue weighted by atomic mass is 10.3. The first-order chi connectivity index (χ1) is 5.65. The van der Waals surface area contributed by atoms with Gasteiger partial charge in [-0.2, -0.15) is 0 Å². The van der Waals surface area contributed by atoms with Gasteiger partial charge in [-0.25, -0.2) is 13.2 Å². The number of hydrogen-bond acceptors (Lipinski definition) is 1. The minimum atomic E-state index is -1.04. The molecule has 0 aliphatic carbocycles. The van der Waals surface area contributed by atoms with Crippen LogP contribution >= 0.6 is 12.2 Å². The zero-order valence-corrected chi connectivity index (χ0v) is 6.51. The summed E-state index contributed by atoms with van der Waals surface area (Å²) in [6, 6.07) is 1.11. The number of nitrogens with one attached hydrogen (secondary N) is 1. The van der Waals surface area contributed by atoms with Crippen LogP contribution in [0.2, 0.25) is 0 Å². The Kier molecular flexibility index (Phi) is 2.65. The molecule has 0 bridgehead atoms. The molecule has 0 fully saturated rings. The van der Waals surface area contributed by atoms with Gasteiger partial charge in [0.15, 0.2) is 11.6 Å². The molecule has 1 aromatic carbocycles. The van der Waals surface area contributed by atoms with Crippen molar-refractivity contribution >= 4 is 23.4 Å². The average molecular weight is 190 g/mol. The van der Waals surface area contributed by atoms with E-state index >= 15 is 0 Å². The van der Waals surface area contributed by atoms with E-state index in [0.29, 0.717) is 12.1 Å². The monoisotopic (exact) mass is 190 g/mol. The van der Waals surface area contributed by atoms with Gasteiger partial charge in [-0.05, 0) is 0 Å². The zero-order valence-electron chi connectivity index (χ0n) is 5.70. The second-order valence-electron chi connectivity index (χ2n) is 1.97. The molecule has 0 aromatic heterocycles. The summed E-state index contributed by atoms with van der Waals surface area (Å²) in [6.07, 6.45) is 0. The van der Waals surface area contributed by atoms with Crippen molar-refractivity contribution in [2.75, 3.05) is 5.32 Å². The third-order valence-corrected chi connectivity index (χ3v) is 1.28. The van der Waals surface area contributed by atoms with E-state index in [1.54, 1.807) is 0 Å². The molecule has 1 N–H and O–H groups in total. The molecule has 1 rings (SSSR count). The second-order valence-corrected chi connectivity index (χ2v) is 2.18.